The molecule has 2 aromatic rings. The summed E-state index contributed by atoms with van der Waals surface area (Å²) >= 11 is 1.48. The number of aromatic amines is 1. The molecule has 1 amide bonds. The maximum Gasteiger partial charge on any atom is 0.268 e. The monoisotopic (exact) mass is 348 g/mol. The lowest BCUT2D eigenvalue weighted by atomic mass is 10.2. The molecule has 0 aliphatic carbocycles. The quantitative estimate of drug-likeness (QED) is 0.793. The van der Waals surface area contributed by atoms with Crippen LogP contribution in [-0.2, 0) is 13.0 Å². The van der Waals surface area contributed by atoms with Crippen molar-refractivity contribution in [3.63, 3.8) is 0 Å². The molecule has 0 aromatic carbocycles. The second-order valence-electron chi connectivity index (χ2n) is 6.10. The van der Waals surface area contributed by atoms with Crippen molar-refractivity contribution in [2.24, 2.45) is 5.73 Å². The van der Waals surface area contributed by atoms with Crippen LogP contribution in [0.3, 0.4) is 0 Å². The molecule has 0 saturated carbocycles. The highest BCUT2D eigenvalue weighted by atomic mass is 32.1. The Balaban J connectivity index is 1.49. The first-order valence-corrected chi connectivity index (χ1v) is 9.29. The summed E-state index contributed by atoms with van der Waals surface area (Å²) in [6, 6.07) is 0. The van der Waals surface area contributed by atoms with Gasteiger partial charge in [0.2, 0.25) is 0 Å². The number of aryl methyl sites for hydroxylation is 1. The zero-order chi connectivity index (χ0) is 16.9. The molecule has 3 heterocycles. The van der Waals surface area contributed by atoms with E-state index in [1.807, 2.05) is 6.20 Å². The predicted molar refractivity (Wildman–Crippen MR) is 95.3 cm³/mol. The number of H-pyrrole nitrogens is 1. The molecule has 1 aliphatic rings. The van der Waals surface area contributed by atoms with Crippen LogP contribution in [0, 0.1) is 0 Å². The lowest BCUT2D eigenvalue weighted by Crippen LogP contribution is -2.46. The lowest BCUT2D eigenvalue weighted by molar-refractivity contribution is 0.0996. The van der Waals surface area contributed by atoms with Crippen molar-refractivity contribution in [2.45, 2.75) is 32.7 Å². The van der Waals surface area contributed by atoms with Gasteiger partial charge >= 0.3 is 0 Å². The van der Waals surface area contributed by atoms with E-state index >= 15 is 0 Å². The molecule has 24 heavy (non-hydrogen) atoms. The van der Waals surface area contributed by atoms with Gasteiger partial charge in [0.25, 0.3) is 5.91 Å². The average molecular weight is 348 g/mol. The van der Waals surface area contributed by atoms with Crippen molar-refractivity contribution in [2.75, 3.05) is 31.1 Å². The van der Waals surface area contributed by atoms with Crippen molar-refractivity contribution in [1.82, 2.24) is 19.9 Å². The van der Waals surface area contributed by atoms with Gasteiger partial charge < -0.3 is 15.6 Å². The second kappa shape index (κ2) is 7.76. The summed E-state index contributed by atoms with van der Waals surface area (Å²) < 4.78 is 0. The third kappa shape index (κ3) is 4.12. The number of nitrogens with one attached hydrogen (secondary N) is 1. The minimum atomic E-state index is -0.464. The molecule has 2 aromatic heterocycles. The Kier molecular flexibility index (Phi) is 5.47. The van der Waals surface area contributed by atoms with Gasteiger partial charge in [-0.15, -0.1) is 11.3 Å². The fourth-order valence-electron chi connectivity index (χ4n) is 2.82. The number of thiazole rings is 1. The highest BCUT2D eigenvalue weighted by molar-refractivity contribution is 7.13. The number of carbonyl (C=O) groups excluding carboxylic acids is 1. The molecule has 8 heteroatoms. The number of anilines is 1. The van der Waals surface area contributed by atoms with Gasteiger partial charge in [0.05, 0.1) is 0 Å². The van der Waals surface area contributed by atoms with E-state index in [0.717, 1.165) is 50.1 Å². The van der Waals surface area contributed by atoms with E-state index in [2.05, 4.69) is 31.7 Å². The van der Waals surface area contributed by atoms with Crippen LogP contribution in [0.2, 0.25) is 0 Å². The number of amides is 1. The summed E-state index contributed by atoms with van der Waals surface area (Å²) in [5, 5.41) is 2.61. The van der Waals surface area contributed by atoms with Crippen LogP contribution >= 0.6 is 11.3 Å². The molecule has 1 aliphatic heterocycles. The summed E-state index contributed by atoms with van der Waals surface area (Å²) in [6.07, 6.45) is 5.34. The van der Waals surface area contributed by atoms with Crippen LogP contribution in [0.15, 0.2) is 11.6 Å². The highest BCUT2D eigenvalue weighted by Crippen LogP contribution is 2.22. The van der Waals surface area contributed by atoms with Gasteiger partial charge in [-0.1, -0.05) is 13.3 Å². The number of primary amides is 1. The van der Waals surface area contributed by atoms with Crippen molar-refractivity contribution < 1.29 is 4.79 Å². The predicted octanol–water partition coefficient (Wildman–Crippen LogP) is 1.63. The van der Waals surface area contributed by atoms with Crippen molar-refractivity contribution in [3.8, 4) is 0 Å². The van der Waals surface area contributed by atoms with E-state index in [1.165, 1.54) is 29.9 Å². The molecule has 0 bridgehead atoms. The molecule has 0 unspecified atom stereocenters. The van der Waals surface area contributed by atoms with Crippen LogP contribution < -0.4 is 10.6 Å². The summed E-state index contributed by atoms with van der Waals surface area (Å²) in [6.45, 7) is 6.84. The first-order valence-electron chi connectivity index (χ1n) is 8.41. The number of imidazole rings is 1. The number of hydrogen-bond acceptors (Lipinski definition) is 6. The minimum absolute atomic E-state index is 0.356. The number of aromatic nitrogens is 3. The summed E-state index contributed by atoms with van der Waals surface area (Å²) in [5.41, 5.74) is 6.80. The molecule has 3 rings (SSSR count). The van der Waals surface area contributed by atoms with Crippen LogP contribution in [-0.4, -0.2) is 51.9 Å². The van der Waals surface area contributed by atoms with Gasteiger partial charge in [-0.3, -0.25) is 9.69 Å². The van der Waals surface area contributed by atoms with Gasteiger partial charge in [-0.25, -0.2) is 9.97 Å². The van der Waals surface area contributed by atoms with Gasteiger partial charge in [0, 0.05) is 56.4 Å². The topological polar surface area (TPSA) is 91.1 Å². The van der Waals surface area contributed by atoms with Crippen molar-refractivity contribution in [3.05, 3.63) is 28.8 Å². The highest BCUT2D eigenvalue weighted by Gasteiger charge is 2.20. The van der Waals surface area contributed by atoms with E-state index in [9.17, 15) is 4.79 Å². The van der Waals surface area contributed by atoms with Crippen LogP contribution in [0.5, 0.6) is 0 Å². The first kappa shape index (κ1) is 16.9. The molecule has 7 nitrogen and oxygen atoms in total. The Bertz CT molecular complexity index is 674. The molecule has 3 N–H and O–H groups in total. The van der Waals surface area contributed by atoms with Crippen LogP contribution in [0.25, 0.3) is 0 Å². The van der Waals surface area contributed by atoms with E-state index in [4.69, 9.17) is 5.73 Å². The molecule has 0 spiro atoms. The Morgan fingerprint density at radius 1 is 1.38 bits per heavy atom. The van der Waals surface area contributed by atoms with Gasteiger partial charge in [0.15, 0.2) is 5.13 Å². The Hall–Kier alpha value is -1.93. The van der Waals surface area contributed by atoms with E-state index < -0.39 is 5.91 Å². The molecule has 0 atom stereocenters. The smallest absolute Gasteiger partial charge is 0.268 e. The number of nitrogens with zero attached hydrogens (tertiary/aromatic N) is 4. The Labute approximate surface area is 145 Å². The fourth-order valence-corrected chi connectivity index (χ4v) is 3.69. The number of carbonyl (C=O) groups is 1. The van der Waals surface area contributed by atoms with E-state index in [-0.39, 0.29) is 0 Å². The summed E-state index contributed by atoms with van der Waals surface area (Å²) in [4.78, 5) is 28.0. The molecule has 0 radical (unpaired) electrons. The minimum Gasteiger partial charge on any atom is -0.364 e. The molecular formula is C16H24N6OS. The standard InChI is InChI=1S/C16H24N6OS/c1-2-3-4-14-18-9-12(19-14)10-21-5-7-22(8-6-21)16-20-13(11-24-16)15(17)23/h9,11H,2-8,10H2,1H3,(H2,17,23)(H,18,19). The lowest BCUT2D eigenvalue weighted by Gasteiger charge is -2.34. The molecule has 130 valence electrons. The van der Waals surface area contributed by atoms with Gasteiger partial charge in [-0.2, -0.15) is 0 Å². The van der Waals surface area contributed by atoms with E-state index in [0.29, 0.717) is 5.69 Å². The fraction of sp³-hybridized carbons (Fsp3) is 0.562. The number of unbranched alkanes of at least 4 members (excludes halogenated alkanes) is 1. The zero-order valence-electron chi connectivity index (χ0n) is 14.0. The van der Waals surface area contributed by atoms with Crippen LogP contribution in [0.4, 0.5) is 5.13 Å². The third-order valence-electron chi connectivity index (χ3n) is 4.23. The molecule has 1 fully saturated rings. The average Bonchev–Trinajstić information content (AvgIpc) is 3.23. The molecular weight excluding hydrogens is 324 g/mol. The maximum atomic E-state index is 11.2. The van der Waals surface area contributed by atoms with Crippen molar-refractivity contribution in [1.29, 1.82) is 0 Å². The Morgan fingerprint density at radius 3 is 2.83 bits per heavy atom. The summed E-state index contributed by atoms with van der Waals surface area (Å²) in [5.74, 6) is 0.626. The Morgan fingerprint density at radius 2 is 2.17 bits per heavy atom. The second-order valence-corrected chi connectivity index (χ2v) is 6.94. The van der Waals surface area contributed by atoms with Gasteiger partial charge in [-0.05, 0) is 6.42 Å². The SMILES string of the molecule is CCCCc1ncc(CN2CCN(c3nc(C(N)=O)cs3)CC2)[nH]1. The normalized spacial score (nSPS) is 15.8. The van der Waals surface area contributed by atoms with E-state index in [1.54, 1.807) is 5.38 Å². The third-order valence-corrected chi connectivity index (χ3v) is 5.13. The van der Waals surface area contributed by atoms with Gasteiger partial charge in [0.1, 0.15) is 11.5 Å². The number of piperazine rings is 1. The largest absolute Gasteiger partial charge is 0.364 e. The first-order chi connectivity index (χ1) is 11.7. The molecule has 1 saturated heterocycles. The van der Waals surface area contributed by atoms with Crippen molar-refractivity contribution >= 4 is 22.4 Å². The number of hydrogen-bond donors (Lipinski definition) is 2. The maximum absolute atomic E-state index is 11.2. The number of rotatable bonds is 7. The number of nitrogens with two attached hydrogens (primary N) is 1. The van der Waals surface area contributed by atoms with Crippen LogP contribution in [0.1, 0.15) is 41.8 Å². The zero-order valence-corrected chi connectivity index (χ0v) is 14.8. The summed E-state index contributed by atoms with van der Waals surface area (Å²) in [7, 11) is 0.